The molecule has 1 heterocycles. The van der Waals surface area contributed by atoms with Crippen molar-refractivity contribution >= 4 is 17.4 Å². The van der Waals surface area contributed by atoms with E-state index in [1.807, 2.05) is 54.6 Å². The second kappa shape index (κ2) is 8.98. The summed E-state index contributed by atoms with van der Waals surface area (Å²) in [6, 6.07) is 23.1. The highest BCUT2D eigenvalue weighted by Crippen LogP contribution is 2.44. The van der Waals surface area contributed by atoms with E-state index in [0.29, 0.717) is 16.9 Å². The molecule has 0 spiro atoms. The van der Waals surface area contributed by atoms with Gasteiger partial charge in [-0.2, -0.15) is 0 Å². The van der Waals surface area contributed by atoms with Gasteiger partial charge in [-0.05, 0) is 29.3 Å². The van der Waals surface area contributed by atoms with E-state index >= 15 is 0 Å². The van der Waals surface area contributed by atoms with E-state index < -0.39 is 17.9 Å². The fourth-order valence-electron chi connectivity index (χ4n) is 4.01. The number of ether oxygens (including phenoxy) is 2. The Kier molecular flexibility index (Phi) is 5.94. The molecule has 32 heavy (non-hydrogen) atoms. The van der Waals surface area contributed by atoms with E-state index in [-0.39, 0.29) is 12.3 Å². The summed E-state index contributed by atoms with van der Waals surface area (Å²) in [4.78, 5) is 26.7. The van der Waals surface area contributed by atoms with Crippen molar-refractivity contribution in [1.82, 2.24) is 4.90 Å². The van der Waals surface area contributed by atoms with E-state index in [0.717, 1.165) is 16.7 Å². The van der Waals surface area contributed by atoms with Crippen LogP contribution in [0.15, 0.2) is 84.6 Å². The smallest absolute Gasteiger partial charge is 0.337 e. The fourth-order valence-corrected chi connectivity index (χ4v) is 4.01. The largest absolute Gasteiger partial charge is 0.503 e. The Morgan fingerprint density at radius 2 is 1.59 bits per heavy atom. The molecule has 3 aromatic carbocycles. The maximum absolute atomic E-state index is 13.2. The molecule has 0 aromatic heterocycles. The number of benzene rings is 3. The number of aliphatic hydroxyl groups excluding tert-OH is 1. The van der Waals surface area contributed by atoms with Gasteiger partial charge in [-0.3, -0.25) is 4.79 Å². The molecule has 1 aliphatic rings. The number of hydrogen-bond donors (Lipinski definition) is 1. The summed E-state index contributed by atoms with van der Waals surface area (Å²) in [7, 11) is 2.91. The lowest BCUT2D eigenvalue weighted by Gasteiger charge is -2.28. The minimum absolute atomic E-state index is 0.243. The summed E-state index contributed by atoms with van der Waals surface area (Å²) in [5.41, 5.74) is 3.27. The predicted octanol–water partition coefficient (Wildman–Crippen LogP) is 4.53. The zero-order valence-electron chi connectivity index (χ0n) is 17.8. The quantitative estimate of drug-likeness (QED) is 0.583. The Morgan fingerprint density at radius 3 is 2.25 bits per heavy atom. The van der Waals surface area contributed by atoms with Crippen molar-refractivity contribution in [3.8, 4) is 5.75 Å². The molecule has 0 saturated heterocycles. The third kappa shape index (κ3) is 3.83. The molecule has 1 aliphatic heterocycles. The normalized spacial score (nSPS) is 15.8. The SMILES string of the molecule is COC(=O)c1ccc([C@H]2C(c3ccccc3)=C(O)C(=O)N2Cc2ccccc2OC)cc1. The van der Waals surface area contributed by atoms with E-state index in [1.54, 1.807) is 36.3 Å². The summed E-state index contributed by atoms with van der Waals surface area (Å²) in [5.74, 6) is -0.524. The third-order valence-corrected chi connectivity index (χ3v) is 5.57. The number of amides is 1. The monoisotopic (exact) mass is 429 g/mol. The highest BCUT2D eigenvalue weighted by Gasteiger charge is 2.41. The van der Waals surface area contributed by atoms with Crippen molar-refractivity contribution in [2.45, 2.75) is 12.6 Å². The summed E-state index contributed by atoms with van der Waals surface area (Å²) in [5, 5.41) is 10.9. The second-order valence-corrected chi connectivity index (χ2v) is 7.39. The third-order valence-electron chi connectivity index (χ3n) is 5.57. The minimum atomic E-state index is -0.540. The molecule has 6 nitrogen and oxygen atoms in total. The van der Waals surface area contributed by atoms with Gasteiger partial charge >= 0.3 is 5.97 Å². The molecule has 1 N–H and O–H groups in total. The standard InChI is InChI=1S/C26H23NO5/c1-31-21-11-7-6-10-20(21)16-27-23(18-12-14-19(15-13-18)26(30)32-2)22(24(28)25(27)29)17-8-4-3-5-9-17/h3-15,23,28H,16H2,1-2H3/t23-/m0/s1. The van der Waals surface area contributed by atoms with E-state index in [4.69, 9.17) is 9.47 Å². The van der Waals surface area contributed by atoms with Gasteiger partial charge in [0.1, 0.15) is 5.75 Å². The van der Waals surface area contributed by atoms with Crippen molar-refractivity contribution in [2.75, 3.05) is 14.2 Å². The van der Waals surface area contributed by atoms with Crippen LogP contribution in [0, 0.1) is 0 Å². The Hall–Kier alpha value is -4.06. The molecular formula is C26H23NO5. The molecule has 162 valence electrons. The number of nitrogens with zero attached hydrogens (tertiary/aromatic N) is 1. The van der Waals surface area contributed by atoms with Crippen LogP contribution in [0.1, 0.15) is 33.1 Å². The zero-order chi connectivity index (χ0) is 22.7. The number of aliphatic hydroxyl groups is 1. The Balaban J connectivity index is 1.80. The van der Waals surface area contributed by atoms with E-state index in [2.05, 4.69) is 0 Å². The molecule has 0 radical (unpaired) electrons. The number of esters is 1. The maximum atomic E-state index is 13.2. The van der Waals surface area contributed by atoms with Crippen LogP contribution in [0.2, 0.25) is 0 Å². The molecule has 1 atom stereocenters. The van der Waals surface area contributed by atoms with Gasteiger partial charge in [-0.15, -0.1) is 0 Å². The van der Waals surface area contributed by atoms with Gasteiger partial charge < -0.3 is 19.5 Å². The zero-order valence-corrected chi connectivity index (χ0v) is 17.8. The van der Waals surface area contributed by atoms with Gasteiger partial charge in [0.15, 0.2) is 5.76 Å². The Labute approximate surface area is 186 Å². The molecule has 0 bridgehead atoms. The number of rotatable bonds is 6. The molecule has 4 rings (SSSR count). The van der Waals surface area contributed by atoms with Gasteiger partial charge in [0, 0.05) is 11.1 Å². The van der Waals surface area contributed by atoms with Crippen LogP contribution < -0.4 is 4.74 Å². The van der Waals surface area contributed by atoms with Crippen molar-refractivity contribution in [3.05, 3.63) is 107 Å². The second-order valence-electron chi connectivity index (χ2n) is 7.39. The van der Waals surface area contributed by atoms with Gasteiger partial charge in [-0.25, -0.2) is 4.79 Å². The van der Waals surface area contributed by atoms with Gasteiger partial charge in [0.2, 0.25) is 0 Å². The van der Waals surface area contributed by atoms with Crippen LogP contribution >= 0.6 is 0 Å². The van der Waals surface area contributed by atoms with Crippen LogP contribution in [-0.4, -0.2) is 36.1 Å². The van der Waals surface area contributed by atoms with Crippen molar-refractivity contribution in [2.24, 2.45) is 0 Å². The van der Waals surface area contributed by atoms with Gasteiger partial charge in [-0.1, -0.05) is 60.7 Å². The van der Waals surface area contributed by atoms with Crippen LogP contribution in [0.25, 0.3) is 5.57 Å². The molecule has 0 aliphatic carbocycles. The number of carbonyl (C=O) groups is 2. The van der Waals surface area contributed by atoms with Crippen molar-refractivity contribution in [3.63, 3.8) is 0 Å². The highest BCUT2D eigenvalue weighted by atomic mass is 16.5. The van der Waals surface area contributed by atoms with E-state index in [1.165, 1.54) is 7.11 Å². The van der Waals surface area contributed by atoms with E-state index in [9.17, 15) is 14.7 Å². The summed E-state index contributed by atoms with van der Waals surface area (Å²) >= 11 is 0. The summed E-state index contributed by atoms with van der Waals surface area (Å²) in [6.45, 7) is 0.243. The van der Waals surface area contributed by atoms with Crippen molar-refractivity contribution < 1.29 is 24.2 Å². The van der Waals surface area contributed by atoms with Gasteiger partial charge in [0.05, 0.1) is 32.4 Å². The van der Waals surface area contributed by atoms with Crippen LogP contribution in [0.4, 0.5) is 0 Å². The number of hydrogen-bond acceptors (Lipinski definition) is 5. The topological polar surface area (TPSA) is 76.1 Å². The number of methoxy groups -OCH3 is 2. The van der Waals surface area contributed by atoms with Gasteiger partial charge in [0.25, 0.3) is 5.91 Å². The number of carbonyl (C=O) groups excluding carboxylic acids is 2. The molecule has 6 heteroatoms. The lowest BCUT2D eigenvalue weighted by molar-refractivity contribution is -0.130. The van der Waals surface area contributed by atoms with Crippen LogP contribution in [-0.2, 0) is 16.1 Å². The maximum Gasteiger partial charge on any atom is 0.337 e. The summed E-state index contributed by atoms with van der Waals surface area (Å²) in [6.07, 6.45) is 0. The lowest BCUT2D eigenvalue weighted by Crippen LogP contribution is -2.30. The molecule has 0 fully saturated rings. The molecule has 3 aromatic rings. The predicted molar refractivity (Wildman–Crippen MR) is 120 cm³/mol. The Morgan fingerprint density at radius 1 is 0.938 bits per heavy atom. The molecular weight excluding hydrogens is 406 g/mol. The number of para-hydroxylation sites is 1. The molecule has 0 unspecified atom stereocenters. The highest BCUT2D eigenvalue weighted by molar-refractivity contribution is 6.05. The fraction of sp³-hybridized carbons (Fsp3) is 0.154. The first kappa shape index (κ1) is 21.2. The first-order valence-electron chi connectivity index (χ1n) is 10.1. The molecule has 0 saturated carbocycles. The molecule has 1 amide bonds. The first-order chi connectivity index (χ1) is 15.5. The van der Waals surface area contributed by atoms with Crippen LogP contribution in [0.5, 0.6) is 5.75 Å². The first-order valence-corrected chi connectivity index (χ1v) is 10.1. The average molecular weight is 429 g/mol. The Bertz CT molecular complexity index is 1170. The lowest BCUT2D eigenvalue weighted by atomic mass is 9.93. The minimum Gasteiger partial charge on any atom is -0.503 e. The average Bonchev–Trinajstić information content (AvgIpc) is 3.09. The van der Waals surface area contributed by atoms with Crippen LogP contribution in [0.3, 0.4) is 0 Å². The van der Waals surface area contributed by atoms with Crippen molar-refractivity contribution in [1.29, 1.82) is 0 Å². The summed E-state index contributed by atoms with van der Waals surface area (Å²) < 4.78 is 10.2.